The molecule has 0 atom stereocenters. The number of esters is 1. The van der Waals surface area contributed by atoms with E-state index in [1.54, 1.807) is 25.1 Å². The van der Waals surface area contributed by atoms with Gasteiger partial charge in [-0.2, -0.15) is 0 Å². The first kappa shape index (κ1) is 18.5. The molecule has 0 aliphatic carbocycles. The van der Waals surface area contributed by atoms with E-state index in [4.69, 9.17) is 4.74 Å². The van der Waals surface area contributed by atoms with Gasteiger partial charge >= 0.3 is 5.97 Å². The van der Waals surface area contributed by atoms with Crippen molar-refractivity contribution >= 4 is 17.6 Å². The Labute approximate surface area is 148 Å². The highest BCUT2D eigenvalue weighted by Gasteiger charge is 2.12. The Morgan fingerprint density at radius 3 is 2.48 bits per heavy atom. The molecule has 2 rings (SSSR count). The van der Waals surface area contributed by atoms with Crippen LogP contribution in [-0.4, -0.2) is 31.6 Å². The number of rotatable bonds is 9. The van der Waals surface area contributed by atoms with Crippen LogP contribution in [0.5, 0.6) is 0 Å². The van der Waals surface area contributed by atoms with E-state index in [1.165, 1.54) is 5.56 Å². The molecule has 25 heavy (non-hydrogen) atoms. The van der Waals surface area contributed by atoms with E-state index in [0.29, 0.717) is 24.4 Å². The zero-order valence-corrected chi connectivity index (χ0v) is 14.5. The molecule has 132 valence electrons. The zero-order valence-electron chi connectivity index (χ0n) is 14.5. The number of carbonyl (C=O) groups excluding carboxylic acids is 2. The summed E-state index contributed by atoms with van der Waals surface area (Å²) in [6.07, 6.45) is 1.81. The Morgan fingerprint density at radius 2 is 1.72 bits per heavy atom. The normalized spacial score (nSPS) is 10.1. The molecule has 5 heteroatoms. The molecule has 0 unspecified atom stereocenters. The van der Waals surface area contributed by atoms with Crippen molar-refractivity contribution in [2.45, 2.75) is 19.8 Å². The third kappa shape index (κ3) is 6.30. The summed E-state index contributed by atoms with van der Waals surface area (Å²) in [5.41, 5.74) is 2.29. The molecule has 0 aliphatic rings. The third-order valence-electron chi connectivity index (χ3n) is 3.67. The number of aryl methyl sites for hydroxylation is 1. The second kappa shape index (κ2) is 10.1. The monoisotopic (exact) mass is 340 g/mol. The van der Waals surface area contributed by atoms with Gasteiger partial charge in [0.25, 0.3) is 0 Å². The van der Waals surface area contributed by atoms with Crippen molar-refractivity contribution < 1.29 is 14.3 Å². The van der Waals surface area contributed by atoms with Crippen molar-refractivity contribution in [1.29, 1.82) is 0 Å². The Balaban J connectivity index is 1.74. The largest absolute Gasteiger partial charge is 0.462 e. The smallest absolute Gasteiger partial charge is 0.340 e. The topological polar surface area (TPSA) is 67.4 Å². The number of benzene rings is 2. The Morgan fingerprint density at radius 1 is 1.00 bits per heavy atom. The first-order valence-corrected chi connectivity index (χ1v) is 8.51. The van der Waals surface area contributed by atoms with Crippen molar-refractivity contribution in [3.05, 3.63) is 65.7 Å². The minimum absolute atomic E-state index is 0.105. The van der Waals surface area contributed by atoms with Crippen LogP contribution >= 0.6 is 0 Å². The molecule has 0 bridgehead atoms. The molecule has 1 amide bonds. The fraction of sp³-hybridized carbons (Fsp3) is 0.300. The highest BCUT2D eigenvalue weighted by Crippen LogP contribution is 2.15. The van der Waals surface area contributed by atoms with Gasteiger partial charge in [-0.15, -0.1) is 0 Å². The molecule has 0 aromatic heterocycles. The first-order chi connectivity index (χ1) is 12.2. The SMILES string of the molecule is CCOC(=O)c1ccccc1NCC(=O)NCCCc1ccccc1. The fourth-order valence-electron chi connectivity index (χ4n) is 2.43. The molecule has 5 nitrogen and oxygen atoms in total. The van der Waals surface area contributed by atoms with Gasteiger partial charge in [0.05, 0.1) is 18.7 Å². The van der Waals surface area contributed by atoms with E-state index < -0.39 is 5.97 Å². The van der Waals surface area contributed by atoms with E-state index in [2.05, 4.69) is 22.8 Å². The second-order valence-corrected chi connectivity index (χ2v) is 5.56. The van der Waals surface area contributed by atoms with Crippen molar-refractivity contribution in [2.24, 2.45) is 0 Å². The first-order valence-electron chi connectivity index (χ1n) is 8.51. The number of hydrogen-bond acceptors (Lipinski definition) is 4. The van der Waals surface area contributed by atoms with Crippen LogP contribution in [0.15, 0.2) is 54.6 Å². The van der Waals surface area contributed by atoms with E-state index in [0.717, 1.165) is 12.8 Å². The lowest BCUT2D eigenvalue weighted by Crippen LogP contribution is -2.31. The van der Waals surface area contributed by atoms with Gasteiger partial charge in [0.2, 0.25) is 5.91 Å². The number of para-hydroxylation sites is 1. The van der Waals surface area contributed by atoms with Crippen molar-refractivity contribution in [1.82, 2.24) is 5.32 Å². The van der Waals surface area contributed by atoms with Crippen LogP contribution in [0, 0.1) is 0 Å². The summed E-state index contributed by atoms with van der Waals surface area (Å²) in [6, 6.07) is 17.2. The number of amides is 1. The van der Waals surface area contributed by atoms with Crippen molar-refractivity contribution in [3.63, 3.8) is 0 Å². The van der Waals surface area contributed by atoms with Crippen LogP contribution in [0.2, 0.25) is 0 Å². The molecule has 0 fully saturated rings. The molecule has 0 spiro atoms. The quantitative estimate of drug-likeness (QED) is 0.544. The van der Waals surface area contributed by atoms with Crippen molar-refractivity contribution in [3.8, 4) is 0 Å². The van der Waals surface area contributed by atoms with Crippen LogP contribution < -0.4 is 10.6 Å². The van der Waals surface area contributed by atoms with Gasteiger partial charge in [-0.3, -0.25) is 4.79 Å². The van der Waals surface area contributed by atoms with E-state index in [9.17, 15) is 9.59 Å². The summed E-state index contributed by atoms with van der Waals surface area (Å²) < 4.78 is 5.02. The molecule has 2 N–H and O–H groups in total. The number of carbonyl (C=O) groups is 2. The molecule has 2 aromatic rings. The number of anilines is 1. The molecule has 0 aliphatic heterocycles. The molecular weight excluding hydrogens is 316 g/mol. The van der Waals surface area contributed by atoms with Gasteiger partial charge in [0.15, 0.2) is 0 Å². The number of ether oxygens (including phenoxy) is 1. The van der Waals surface area contributed by atoms with Crippen LogP contribution in [0.25, 0.3) is 0 Å². The van der Waals surface area contributed by atoms with Crippen LogP contribution in [0.3, 0.4) is 0 Å². The van der Waals surface area contributed by atoms with Gasteiger partial charge in [-0.05, 0) is 37.5 Å². The number of nitrogens with one attached hydrogen (secondary N) is 2. The average molecular weight is 340 g/mol. The van der Waals surface area contributed by atoms with Gasteiger partial charge in [-0.1, -0.05) is 42.5 Å². The maximum absolute atomic E-state index is 11.9. The molecule has 0 saturated heterocycles. The van der Waals surface area contributed by atoms with E-state index in [-0.39, 0.29) is 12.5 Å². The van der Waals surface area contributed by atoms with Gasteiger partial charge in [0, 0.05) is 12.2 Å². The summed E-state index contributed by atoms with van der Waals surface area (Å²) in [4.78, 5) is 23.8. The van der Waals surface area contributed by atoms with Crippen LogP contribution in [0.1, 0.15) is 29.3 Å². The van der Waals surface area contributed by atoms with Crippen LogP contribution in [-0.2, 0) is 16.0 Å². The highest BCUT2D eigenvalue weighted by molar-refractivity contribution is 5.96. The number of hydrogen-bond donors (Lipinski definition) is 2. The highest BCUT2D eigenvalue weighted by atomic mass is 16.5. The molecule has 0 heterocycles. The minimum Gasteiger partial charge on any atom is -0.462 e. The Bertz CT molecular complexity index is 686. The lowest BCUT2D eigenvalue weighted by Gasteiger charge is -2.11. The lowest BCUT2D eigenvalue weighted by atomic mass is 10.1. The lowest BCUT2D eigenvalue weighted by molar-refractivity contribution is -0.119. The van der Waals surface area contributed by atoms with Crippen molar-refractivity contribution in [2.75, 3.05) is 25.0 Å². The fourth-order valence-corrected chi connectivity index (χ4v) is 2.43. The molecule has 2 aromatic carbocycles. The van der Waals surface area contributed by atoms with Gasteiger partial charge in [0.1, 0.15) is 0 Å². The molecule has 0 radical (unpaired) electrons. The Hall–Kier alpha value is -2.82. The summed E-state index contributed by atoms with van der Waals surface area (Å²) in [7, 11) is 0. The predicted octanol–water partition coefficient (Wildman–Crippen LogP) is 3.02. The van der Waals surface area contributed by atoms with Crippen LogP contribution in [0.4, 0.5) is 5.69 Å². The van der Waals surface area contributed by atoms with E-state index in [1.807, 2.05) is 24.3 Å². The third-order valence-corrected chi connectivity index (χ3v) is 3.67. The summed E-state index contributed by atoms with van der Waals surface area (Å²) in [5, 5.41) is 5.88. The maximum Gasteiger partial charge on any atom is 0.340 e. The summed E-state index contributed by atoms with van der Waals surface area (Å²) in [5.74, 6) is -0.499. The van der Waals surface area contributed by atoms with E-state index >= 15 is 0 Å². The molecular formula is C20H24N2O3. The average Bonchev–Trinajstić information content (AvgIpc) is 2.65. The molecule has 0 saturated carbocycles. The van der Waals surface area contributed by atoms with Gasteiger partial charge in [-0.25, -0.2) is 4.79 Å². The maximum atomic E-state index is 11.9. The predicted molar refractivity (Wildman–Crippen MR) is 98.7 cm³/mol. The van der Waals surface area contributed by atoms with Gasteiger partial charge < -0.3 is 15.4 Å². The zero-order chi connectivity index (χ0) is 17.9. The minimum atomic E-state index is -0.395. The summed E-state index contributed by atoms with van der Waals surface area (Å²) in [6.45, 7) is 2.81. The Kier molecular flexibility index (Phi) is 7.50. The second-order valence-electron chi connectivity index (χ2n) is 5.56. The standard InChI is InChI=1S/C20H24N2O3/c1-2-25-20(24)17-12-6-7-13-18(17)22-15-19(23)21-14-8-11-16-9-4-3-5-10-16/h3-7,9-10,12-13,22H,2,8,11,14-15H2,1H3,(H,21,23). The summed E-state index contributed by atoms with van der Waals surface area (Å²) >= 11 is 0.